The van der Waals surface area contributed by atoms with E-state index in [1.54, 1.807) is 48.4 Å². The quantitative estimate of drug-likeness (QED) is 0.771. The molecule has 1 aliphatic heterocycles. The minimum Gasteiger partial charge on any atom is -0.497 e. The molecule has 1 saturated heterocycles. The molecular weight excluding hydrogens is 333 g/mol. The topological polar surface area (TPSA) is 46.6 Å². The van der Waals surface area contributed by atoms with E-state index in [4.69, 9.17) is 4.74 Å². The lowest BCUT2D eigenvalue weighted by Crippen LogP contribution is -2.41. The van der Waals surface area contributed by atoms with Gasteiger partial charge >= 0.3 is 0 Å². The number of benzene rings is 2. The number of rotatable bonds is 5. The number of ether oxygens (including phenoxy) is 1. The molecule has 0 bridgehead atoms. The number of hydrogen-bond acceptors (Lipinski definition) is 3. The molecule has 0 radical (unpaired) electrons. The van der Waals surface area contributed by atoms with Crippen molar-refractivity contribution >= 4 is 11.7 Å². The summed E-state index contributed by atoms with van der Waals surface area (Å²) < 4.78 is 18.4. The molecule has 1 heterocycles. The maximum absolute atomic E-state index is 13.2. The van der Waals surface area contributed by atoms with Gasteiger partial charge in [0.25, 0.3) is 0 Å². The minimum atomic E-state index is -0.334. The molecule has 136 valence electrons. The van der Waals surface area contributed by atoms with Crippen LogP contribution in [0.15, 0.2) is 48.5 Å². The number of carbonyl (C=O) groups excluding carboxylic acids is 2. The van der Waals surface area contributed by atoms with Crippen molar-refractivity contribution in [2.24, 2.45) is 5.92 Å². The van der Waals surface area contributed by atoms with Crippen molar-refractivity contribution in [3.8, 4) is 5.75 Å². The van der Waals surface area contributed by atoms with Gasteiger partial charge in [-0.3, -0.25) is 9.59 Å². The number of likely N-dealkylation sites (tertiary alicyclic amines) is 1. The van der Waals surface area contributed by atoms with Crippen LogP contribution in [0, 0.1) is 11.7 Å². The van der Waals surface area contributed by atoms with Crippen LogP contribution in [0.4, 0.5) is 4.39 Å². The average Bonchev–Trinajstić information content (AvgIpc) is 2.67. The number of nitrogens with zero attached hydrogens (tertiary/aromatic N) is 1. The Morgan fingerprint density at radius 1 is 1.12 bits per heavy atom. The first kappa shape index (κ1) is 18.1. The lowest BCUT2D eigenvalue weighted by Gasteiger charge is -2.31. The van der Waals surface area contributed by atoms with E-state index in [1.807, 2.05) is 0 Å². The van der Waals surface area contributed by atoms with Crippen LogP contribution < -0.4 is 4.74 Å². The van der Waals surface area contributed by atoms with Gasteiger partial charge in [-0.2, -0.15) is 0 Å². The van der Waals surface area contributed by atoms with Gasteiger partial charge in [-0.05, 0) is 54.8 Å². The van der Waals surface area contributed by atoms with E-state index in [2.05, 4.69) is 0 Å². The molecule has 0 atom stereocenters. The molecule has 5 heteroatoms. The Kier molecular flexibility index (Phi) is 5.66. The molecule has 1 amide bonds. The van der Waals surface area contributed by atoms with E-state index in [0.29, 0.717) is 37.1 Å². The van der Waals surface area contributed by atoms with Crippen molar-refractivity contribution in [1.29, 1.82) is 0 Å². The number of Topliss-reactive ketones (excluding diaryl/α,β-unsaturated/α-hetero) is 1. The van der Waals surface area contributed by atoms with Gasteiger partial charge in [-0.1, -0.05) is 12.1 Å². The Balaban J connectivity index is 1.54. The monoisotopic (exact) mass is 355 g/mol. The highest BCUT2D eigenvalue weighted by Gasteiger charge is 2.27. The Morgan fingerprint density at radius 3 is 2.42 bits per heavy atom. The van der Waals surface area contributed by atoms with Gasteiger partial charge in [0, 0.05) is 24.6 Å². The molecule has 2 aromatic rings. The van der Waals surface area contributed by atoms with Crippen LogP contribution in [-0.4, -0.2) is 36.8 Å². The zero-order chi connectivity index (χ0) is 18.5. The predicted molar refractivity (Wildman–Crippen MR) is 96.7 cm³/mol. The van der Waals surface area contributed by atoms with E-state index in [-0.39, 0.29) is 29.8 Å². The maximum atomic E-state index is 13.2. The van der Waals surface area contributed by atoms with Gasteiger partial charge in [0.05, 0.1) is 13.5 Å². The van der Waals surface area contributed by atoms with Gasteiger partial charge in [0.15, 0.2) is 5.78 Å². The van der Waals surface area contributed by atoms with Crippen molar-refractivity contribution in [1.82, 2.24) is 4.90 Å². The molecule has 0 saturated carbocycles. The summed E-state index contributed by atoms with van der Waals surface area (Å²) in [5.74, 6) is 0.413. The van der Waals surface area contributed by atoms with Crippen molar-refractivity contribution in [2.75, 3.05) is 20.2 Å². The maximum Gasteiger partial charge on any atom is 0.226 e. The molecule has 26 heavy (non-hydrogen) atoms. The Bertz CT molecular complexity index is 780. The standard InChI is InChI=1S/C21H22FNO3/c1-26-19-7-5-16(6-8-19)21(25)17-9-11-23(12-10-17)20(24)14-15-3-2-4-18(22)13-15/h2-8,13,17H,9-12,14H2,1H3. The molecular formula is C21H22FNO3. The third-order valence-electron chi connectivity index (χ3n) is 4.84. The van der Waals surface area contributed by atoms with Crippen molar-refractivity contribution in [3.63, 3.8) is 0 Å². The first-order valence-electron chi connectivity index (χ1n) is 8.77. The summed E-state index contributed by atoms with van der Waals surface area (Å²) in [6.07, 6.45) is 1.49. The van der Waals surface area contributed by atoms with Crippen LogP contribution in [0.3, 0.4) is 0 Å². The number of piperidine rings is 1. The predicted octanol–water partition coefficient (Wildman–Crippen LogP) is 3.50. The fourth-order valence-corrected chi connectivity index (χ4v) is 3.32. The van der Waals surface area contributed by atoms with Crippen molar-refractivity contribution < 1.29 is 18.7 Å². The van der Waals surface area contributed by atoms with Crippen LogP contribution in [0.5, 0.6) is 5.75 Å². The highest BCUT2D eigenvalue weighted by molar-refractivity contribution is 5.98. The Labute approximate surface area is 152 Å². The normalized spacial score (nSPS) is 14.9. The molecule has 0 aliphatic carbocycles. The number of halogens is 1. The number of methoxy groups -OCH3 is 1. The average molecular weight is 355 g/mol. The molecule has 2 aromatic carbocycles. The highest BCUT2D eigenvalue weighted by Crippen LogP contribution is 2.23. The van der Waals surface area contributed by atoms with E-state index in [1.165, 1.54) is 12.1 Å². The number of carbonyl (C=O) groups is 2. The van der Waals surface area contributed by atoms with Crippen LogP contribution in [-0.2, 0) is 11.2 Å². The number of ketones is 1. The number of amides is 1. The summed E-state index contributed by atoms with van der Waals surface area (Å²) in [5, 5.41) is 0. The van der Waals surface area contributed by atoms with Crippen LogP contribution >= 0.6 is 0 Å². The van der Waals surface area contributed by atoms with Crippen LogP contribution in [0.25, 0.3) is 0 Å². The molecule has 4 nitrogen and oxygen atoms in total. The Hall–Kier alpha value is -2.69. The summed E-state index contributed by atoms with van der Waals surface area (Å²) in [6.45, 7) is 1.11. The van der Waals surface area contributed by atoms with Gasteiger partial charge in [0.2, 0.25) is 5.91 Å². The third kappa shape index (κ3) is 4.28. The number of hydrogen-bond donors (Lipinski definition) is 0. The van der Waals surface area contributed by atoms with E-state index >= 15 is 0 Å². The smallest absolute Gasteiger partial charge is 0.226 e. The van der Waals surface area contributed by atoms with Crippen LogP contribution in [0.2, 0.25) is 0 Å². The summed E-state index contributed by atoms with van der Waals surface area (Å²) in [4.78, 5) is 26.8. The fraction of sp³-hybridized carbons (Fsp3) is 0.333. The minimum absolute atomic E-state index is 0.0223. The van der Waals surface area contributed by atoms with E-state index in [0.717, 1.165) is 5.75 Å². The summed E-state index contributed by atoms with van der Waals surface area (Å²) in [6, 6.07) is 13.2. The van der Waals surface area contributed by atoms with Crippen molar-refractivity contribution in [2.45, 2.75) is 19.3 Å². The first-order chi connectivity index (χ1) is 12.6. The first-order valence-corrected chi connectivity index (χ1v) is 8.77. The second-order valence-electron chi connectivity index (χ2n) is 6.55. The molecule has 0 spiro atoms. The lowest BCUT2D eigenvalue weighted by molar-refractivity contribution is -0.131. The second-order valence-corrected chi connectivity index (χ2v) is 6.55. The summed E-state index contributed by atoms with van der Waals surface area (Å²) in [5.41, 5.74) is 1.35. The zero-order valence-electron chi connectivity index (χ0n) is 14.8. The van der Waals surface area contributed by atoms with Crippen molar-refractivity contribution in [3.05, 3.63) is 65.5 Å². The van der Waals surface area contributed by atoms with Gasteiger partial charge in [-0.25, -0.2) is 4.39 Å². The lowest BCUT2D eigenvalue weighted by atomic mass is 9.88. The third-order valence-corrected chi connectivity index (χ3v) is 4.84. The van der Waals surface area contributed by atoms with E-state index in [9.17, 15) is 14.0 Å². The molecule has 1 aliphatic rings. The summed E-state index contributed by atoms with van der Waals surface area (Å²) in [7, 11) is 1.59. The molecule has 1 fully saturated rings. The SMILES string of the molecule is COc1ccc(C(=O)C2CCN(C(=O)Cc3cccc(F)c3)CC2)cc1. The molecule has 0 unspecified atom stereocenters. The summed E-state index contributed by atoms with van der Waals surface area (Å²) >= 11 is 0. The molecule has 3 rings (SSSR count). The molecule has 0 N–H and O–H groups in total. The largest absolute Gasteiger partial charge is 0.497 e. The van der Waals surface area contributed by atoms with Gasteiger partial charge < -0.3 is 9.64 Å². The fourth-order valence-electron chi connectivity index (χ4n) is 3.32. The second kappa shape index (κ2) is 8.13. The van der Waals surface area contributed by atoms with Crippen LogP contribution in [0.1, 0.15) is 28.8 Å². The zero-order valence-corrected chi connectivity index (χ0v) is 14.8. The Morgan fingerprint density at radius 2 is 1.81 bits per heavy atom. The van der Waals surface area contributed by atoms with Gasteiger partial charge in [0.1, 0.15) is 11.6 Å². The molecule has 0 aromatic heterocycles. The van der Waals surface area contributed by atoms with E-state index < -0.39 is 0 Å². The highest BCUT2D eigenvalue weighted by atomic mass is 19.1. The van der Waals surface area contributed by atoms with Gasteiger partial charge in [-0.15, -0.1) is 0 Å².